The average molecular weight is 548 g/mol. The maximum atomic E-state index is 13.2. The number of methoxy groups -OCH3 is 2. The minimum absolute atomic E-state index is 0.0262. The minimum atomic E-state index is -0.947. The van der Waals surface area contributed by atoms with Crippen LogP contribution in [-0.4, -0.2) is 36.3 Å². The molecule has 10 nitrogen and oxygen atoms in total. The number of carbonyl (C=O) groups is 2. The number of nitrogens with zero attached hydrogens (tertiary/aromatic N) is 4. The van der Waals surface area contributed by atoms with Gasteiger partial charge < -0.3 is 19.7 Å². The van der Waals surface area contributed by atoms with Crippen LogP contribution in [0.15, 0.2) is 106 Å². The van der Waals surface area contributed by atoms with E-state index in [1.54, 1.807) is 54.6 Å². The summed E-state index contributed by atoms with van der Waals surface area (Å²) in [6.07, 6.45) is 0. The Morgan fingerprint density at radius 3 is 2.29 bits per heavy atom. The highest BCUT2D eigenvalue weighted by Gasteiger charge is 2.43. The number of hydrogen-bond donors (Lipinski definition) is 1. The number of nitriles is 1. The zero-order valence-corrected chi connectivity index (χ0v) is 22.5. The van der Waals surface area contributed by atoms with Crippen molar-refractivity contribution >= 4 is 17.6 Å². The number of anilines is 1. The molecule has 0 spiro atoms. The number of esters is 2. The summed E-state index contributed by atoms with van der Waals surface area (Å²) >= 11 is 0. The van der Waals surface area contributed by atoms with Crippen molar-refractivity contribution in [2.24, 2.45) is 5.73 Å². The lowest BCUT2D eigenvalue weighted by molar-refractivity contribution is -0.139. The Labute approximate surface area is 235 Å². The van der Waals surface area contributed by atoms with Gasteiger partial charge in [0.1, 0.15) is 11.5 Å². The van der Waals surface area contributed by atoms with Crippen LogP contribution in [0.5, 0.6) is 0 Å². The molecule has 41 heavy (non-hydrogen) atoms. The molecule has 0 bridgehead atoms. The summed E-state index contributed by atoms with van der Waals surface area (Å²) in [4.78, 5) is 32.2. The van der Waals surface area contributed by atoms with Gasteiger partial charge in [0.05, 0.1) is 37.4 Å². The highest BCUT2D eigenvalue weighted by molar-refractivity contribution is 6.06. The molecule has 5 rings (SSSR count). The lowest BCUT2D eigenvalue weighted by Gasteiger charge is -2.35. The van der Waals surface area contributed by atoms with Crippen molar-refractivity contribution in [3.05, 3.63) is 113 Å². The van der Waals surface area contributed by atoms with Gasteiger partial charge in [0.2, 0.25) is 5.82 Å². The van der Waals surface area contributed by atoms with Crippen LogP contribution in [0.25, 0.3) is 22.8 Å². The van der Waals surface area contributed by atoms with Crippen LogP contribution in [0.3, 0.4) is 0 Å². The molecule has 2 heterocycles. The molecule has 1 aromatic heterocycles. The SMILES string of the molecule is COC(=O)C1=C(C(=O)OC)N(c2ccc(-c3nc(-c4cccc(C)c4)no3)cc2)C(N)=C(C#N)C1c1ccccc1. The lowest BCUT2D eigenvalue weighted by atomic mass is 9.81. The topological polar surface area (TPSA) is 145 Å². The molecule has 0 saturated carbocycles. The number of aryl methyl sites for hydroxylation is 1. The molecular weight excluding hydrogens is 522 g/mol. The average Bonchev–Trinajstić information content (AvgIpc) is 3.51. The molecule has 10 heteroatoms. The fourth-order valence-corrected chi connectivity index (χ4v) is 4.78. The minimum Gasteiger partial charge on any atom is -0.466 e. The number of hydrogen-bond acceptors (Lipinski definition) is 10. The molecule has 1 atom stereocenters. The van der Waals surface area contributed by atoms with Gasteiger partial charge in [0.25, 0.3) is 5.89 Å². The van der Waals surface area contributed by atoms with E-state index in [2.05, 4.69) is 16.2 Å². The van der Waals surface area contributed by atoms with Crippen molar-refractivity contribution in [2.75, 3.05) is 19.1 Å². The number of rotatable bonds is 6. The van der Waals surface area contributed by atoms with Crippen molar-refractivity contribution in [1.82, 2.24) is 10.1 Å². The molecule has 1 aliphatic rings. The van der Waals surface area contributed by atoms with E-state index in [1.165, 1.54) is 19.1 Å². The third-order valence-corrected chi connectivity index (χ3v) is 6.69. The fourth-order valence-electron chi connectivity index (χ4n) is 4.78. The molecule has 3 aromatic carbocycles. The van der Waals surface area contributed by atoms with Crippen molar-refractivity contribution in [3.8, 4) is 28.9 Å². The summed E-state index contributed by atoms with van der Waals surface area (Å²) in [7, 11) is 2.40. The first-order valence-electron chi connectivity index (χ1n) is 12.5. The van der Waals surface area contributed by atoms with Gasteiger partial charge in [-0.15, -0.1) is 0 Å². The fraction of sp³-hybridized carbons (Fsp3) is 0.129. The monoisotopic (exact) mass is 547 g/mol. The summed E-state index contributed by atoms with van der Waals surface area (Å²) in [5, 5.41) is 14.3. The van der Waals surface area contributed by atoms with Gasteiger partial charge in [0.15, 0.2) is 0 Å². The molecule has 4 aromatic rings. The summed E-state index contributed by atoms with van der Waals surface area (Å²) in [6.45, 7) is 1.98. The van der Waals surface area contributed by atoms with Crippen LogP contribution < -0.4 is 10.6 Å². The summed E-state index contributed by atoms with van der Waals surface area (Å²) in [5.74, 6) is -1.86. The number of nitrogens with two attached hydrogens (primary N) is 1. The molecule has 0 saturated heterocycles. The number of ether oxygens (including phenoxy) is 2. The van der Waals surface area contributed by atoms with Gasteiger partial charge in [0, 0.05) is 16.8 Å². The normalized spacial score (nSPS) is 15.0. The molecule has 1 aliphatic heterocycles. The van der Waals surface area contributed by atoms with E-state index in [-0.39, 0.29) is 28.6 Å². The van der Waals surface area contributed by atoms with Gasteiger partial charge >= 0.3 is 11.9 Å². The van der Waals surface area contributed by atoms with Gasteiger partial charge in [-0.2, -0.15) is 10.2 Å². The van der Waals surface area contributed by atoms with Crippen LogP contribution in [-0.2, 0) is 19.1 Å². The maximum Gasteiger partial charge on any atom is 0.355 e. The third kappa shape index (κ3) is 4.92. The number of carbonyl (C=O) groups excluding carboxylic acids is 2. The van der Waals surface area contributed by atoms with Crippen LogP contribution >= 0.6 is 0 Å². The predicted octanol–water partition coefficient (Wildman–Crippen LogP) is 4.61. The molecule has 1 unspecified atom stereocenters. The number of allylic oxidation sites excluding steroid dienone is 1. The van der Waals surface area contributed by atoms with Gasteiger partial charge in [-0.3, -0.25) is 4.90 Å². The summed E-state index contributed by atoms with van der Waals surface area (Å²) < 4.78 is 15.6. The number of aromatic nitrogens is 2. The second kappa shape index (κ2) is 11.2. The standard InChI is InChI=1S/C31H25N5O5/c1-18-8-7-11-21(16-18)28-34-29(41-35-28)20-12-14-22(15-13-20)36-26(31(38)40-3)25(30(37)39-2)24(23(17-32)27(36)33)19-9-5-4-6-10-19/h4-16,24H,33H2,1-3H3. The Bertz CT molecular complexity index is 1730. The first-order valence-corrected chi connectivity index (χ1v) is 12.5. The van der Waals surface area contributed by atoms with E-state index < -0.39 is 17.9 Å². The Kier molecular flexibility index (Phi) is 7.35. The second-order valence-electron chi connectivity index (χ2n) is 9.17. The van der Waals surface area contributed by atoms with E-state index in [1.807, 2.05) is 31.2 Å². The molecular formula is C31H25N5O5. The van der Waals surface area contributed by atoms with Crippen LogP contribution in [0, 0.1) is 18.3 Å². The van der Waals surface area contributed by atoms with E-state index in [4.69, 9.17) is 19.7 Å². The van der Waals surface area contributed by atoms with E-state index in [9.17, 15) is 14.9 Å². The summed E-state index contributed by atoms with van der Waals surface area (Å²) in [6, 6.07) is 25.4. The molecule has 0 amide bonds. The molecule has 0 fully saturated rings. The van der Waals surface area contributed by atoms with E-state index in [0.29, 0.717) is 22.6 Å². The molecule has 204 valence electrons. The van der Waals surface area contributed by atoms with Gasteiger partial charge in [-0.25, -0.2) is 9.59 Å². The van der Waals surface area contributed by atoms with E-state index in [0.717, 1.165) is 11.1 Å². The predicted molar refractivity (Wildman–Crippen MR) is 149 cm³/mol. The largest absolute Gasteiger partial charge is 0.466 e. The second-order valence-corrected chi connectivity index (χ2v) is 9.17. The molecule has 2 N–H and O–H groups in total. The Balaban J connectivity index is 1.61. The maximum absolute atomic E-state index is 13.2. The van der Waals surface area contributed by atoms with Crippen molar-refractivity contribution in [2.45, 2.75) is 12.8 Å². The molecule has 0 aliphatic carbocycles. The first kappa shape index (κ1) is 26.9. The number of benzene rings is 3. The Morgan fingerprint density at radius 1 is 0.951 bits per heavy atom. The van der Waals surface area contributed by atoms with Crippen LogP contribution in [0.2, 0.25) is 0 Å². The smallest absolute Gasteiger partial charge is 0.355 e. The Hall–Kier alpha value is -5.69. The Morgan fingerprint density at radius 2 is 1.66 bits per heavy atom. The highest BCUT2D eigenvalue weighted by Crippen LogP contribution is 2.43. The third-order valence-electron chi connectivity index (χ3n) is 6.69. The van der Waals surface area contributed by atoms with Crippen LogP contribution in [0.4, 0.5) is 5.69 Å². The zero-order chi connectivity index (χ0) is 29.1. The quantitative estimate of drug-likeness (QED) is 0.340. The van der Waals surface area contributed by atoms with Gasteiger partial charge in [-0.1, -0.05) is 59.3 Å². The summed E-state index contributed by atoms with van der Waals surface area (Å²) in [5.41, 5.74) is 9.89. The lowest BCUT2D eigenvalue weighted by Crippen LogP contribution is -2.40. The van der Waals surface area contributed by atoms with Crippen molar-refractivity contribution in [3.63, 3.8) is 0 Å². The highest BCUT2D eigenvalue weighted by atomic mass is 16.5. The molecule has 0 radical (unpaired) electrons. The van der Waals surface area contributed by atoms with Crippen molar-refractivity contribution < 1.29 is 23.6 Å². The zero-order valence-electron chi connectivity index (χ0n) is 22.5. The van der Waals surface area contributed by atoms with Gasteiger partial charge in [-0.05, 0) is 42.8 Å². The van der Waals surface area contributed by atoms with Crippen LogP contribution in [0.1, 0.15) is 17.0 Å². The van der Waals surface area contributed by atoms with E-state index >= 15 is 0 Å². The van der Waals surface area contributed by atoms with Crippen molar-refractivity contribution in [1.29, 1.82) is 5.26 Å². The first-order chi connectivity index (χ1) is 19.9.